The van der Waals surface area contributed by atoms with Crippen molar-refractivity contribution in [2.45, 2.75) is 6.54 Å². The van der Waals surface area contributed by atoms with Crippen LogP contribution in [0, 0.1) is 0 Å². The van der Waals surface area contributed by atoms with Gasteiger partial charge >= 0.3 is 5.97 Å². The van der Waals surface area contributed by atoms with Gasteiger partial charge < -0.3 is 13.7 Å². The number of ether oxygens (including phenoxy) is 1. The maximum absolute atomic E-state index is 11.4. The van der Waals surface area contributed by atoms with Gasteiger partial charge in [-0.3, -0.25) is 4.79 Å². The molecule has 3 rings (SSSR count). The van der Waals surface area contributed by atoms with Crippen molar-refractivity contribution >= 4 is 39.1 Å². The first-order valence-electron chi connectivity index (χ1n) is 6.53. The molecule has 0 saturated heterocycles. The van der Waals surface area contributed by atoms with Gasteiger partial charge in [0.25, 0.3) is 0 Å². The van der Waals surface area contributed by atoms with E-state index in [4.69, 9.17) is 4.42 Å². The summed E-state index contributed by atoms with van der Waals surface area (Å²) in [6, 6.07) is 9.03. The van der Waals surface area contributed by atoms with Crippen molar-refractivity contribution in [2.24, 2.45) is 0 Å². The predicted octanol–water partition coefficient (Wildman–Crippen LogP) is 3.64. The third-order valence-corrected chi connectivity index (χ3v) is 3.87. The average molecular weight is 362 g/mol. The minimum absolute atomic E-state index is 0.160. The summed E-state index contributed by atoms with van der Waals surface area (Å²) in [4.78, 5) is 22.6. The van der Waals surface area contributed by atoms with Gasteiger partial charge in [0, 0.05) is 27.1 Å². The second-order valence-electron chi connectivity index (χ2n) is 4.75. The fourth-order valence-corrected chi connectivity index (χ4v) is 2.72. The summed E-state index contributed by atoms with van der Waals surface area (Å²) < 4.78 is 12.9. The number of methoxy groups -OCH3 is 1. The van der Waals surface area contributed by atoms with Gasteiger partial charge in [0.05, 0.1) is 13.7 Å². The van der Waals surface area contributed by atoms with Crippen LogP contribution >= 0.6 is 15.9 Å². The van der Waals surface area contributed by atoms with Crippen LogP contribution in [0.5, 0.6) is 0 Å². The molecule has 0 saturated carbocycles. The molecule has 0 spiro atoms. The normalized spacial score (nSPS) is 10.8. The number of rotatable bonds is 4. The van der Waals surface area contributed by atoms with Crippen LogP contribution in [0.25, 0.3) is 10.9 Å². The molecule has 2 aromatic heterocycles. The Balaban J connectivity index is 1.99. The number of furan rings is 1. The van der Waals surface area contributed by atoms with Crippen molar-refractivity contribution in [3.05, 3.63) is 58.1 Å². The van der Waals surface area contributed by atoms with Crippen LogP contribution in [0.3, 0.4) is 0 Å². The highest BCUT2D eigenvalue weighted by molar-refractivity contribution is 9.10. The van der Waals surface area contributed by atoms with Gasteiger partial charge in [-0.25, -0.2) is 4.79 Å². The van der Waals surface area contributed by atoms with Crippen molar-refractivity contribution < 1.29 is 18.7 Å². The number of fused-ring (bicyclic) bond motifs is 1. The lowest BCUT2D eigenvalue weighted by atomic mass is 10.2. The van der Waals surface area contributed by atoms with E-state index in [0.29, 0.717) is 17.9 Å². The zero-order chi connectivity index (χ0) is 15.7. The van der Waals surface area contributed by atoms with Crippen molar-refractivity contribution in [2.75, 3.05) is 7.11 Å². The van der Waals surface area contributed by atoms with E-state index in [1.807, 2.05) is 22.8 Å². The first kappa shape index (κ1) is 14.6. The zero-order valence-electron chi connectivity index (χ0n) is 11.7. The van der Waals surface area contributed by atoms with E-state index >= 15 is 0 Å². The largest absolute Gasteiger partial charge is 0.463 e. The Bertz CT molecular complexity index is 862. The zero-order valence-corrected chi connectivity index (χ0v) is 13.3. The molecule has 0 fully saturated rings. The number of esters is 1. The predicted molar refractivity (Wildman–Crippen MR) is 84.2 cm³/mol. The van der Waals surface area contributed by atoms with Crippen LogP contribution in [-0.4, -0.2) is 23.9 Å². The molecule has 2 heterocycles. The fraction of sp³-hybridized carbons (Fsp3) is 0.125. The topological polar surface area (TPSA) is 61.4 Å². The SMILES string of the molecule is COC(=O)c1ccc(Cn2cc(C=O)c3cc(Br)ccc32)o1. The van der Waals surface area contributed by atoms with E-state index in [9.17, 15) is 9.59 Å². The molecule has 22 heavy (non-hydrogen) atoms. The van der Waals surface area contributed by atoms with Crippen molar-refractivity contribution in [1.82, 2.24) is 4.57 Å². The highest BCUT2D eigenvalue weighted by Gasteiger charge is 2.13. The van der Waals surface area contributed by atoms with Crippen molar-refractivity contribution in [1.29, 1.82) is 0 Å². The summed E-state index contributed by atoms with van der Waals surface area (Å²) >= 11 is 3.40. The van der Waals surface area contributed by atoms with Gasteiger partial charge in [0.1, 0.15) is 5.76 Å². The van der Waals surface area contributed by atoms with E-state index in [2.05, 4.69) is 20.7 Å². The van der Waals surface area contributed by atoms with E-state index in [-0.39, 0.29) is 5.76 Å². The van der Waals surface area contributed by atoms with Gasteiger partial charge in [-0.2, -0.15) is 0 Å². The molecule has 0 bridgehead atoms. The van der Waals surface area contributed by atoms with Gasteiger partial charge in [-0.05, 0) is 30.3 Å². The van der Waals surface area contributed by atoms with Crippen LogP contribution in [0.4, 0.5) is 0 Å². The molecule has 5 nitrogen and oxygen atoms in total. The summed E-state index contributed by atoms with van der Waals surface area (Å²) in [6.45, 7) is 0.420. The second-order valence-corrected chi connectivity index (χ2v) is 5.66. The molecule has 0 amide bonds. The highest BCUT2D eigenvalue weighted by Crippen LogP contribution is 2.25. The quantitative estimate of drug-likeness (QED) is 0.525. The third-order valence-electron chi connectivity index (χ3n) is 3.38. The monoisotopic (exact) mass is 361 g/mol. The summed E-state index contributed by atoms with van der Waals surface area (Å²) in [5.74, 6) is 0.256. The van der Waals surface area contributed by atoms with Gasteiger partial charge in [0.15, 0.2) is 6.29 Å². The first-order chi connectivity index (χ1) is 10.6. The molecule has 0 unspecified atom stereocenters. The number of halogens is 1. The summed E-state index contributed by atoms with van der Waals surface area (Å²) in [7, 11) is 1.30. The lowest BCUT2D eigenvalue weighted by molar-refractivity contribution is 0.0563. The standard InChI is InChI=1S/C16H12BrNO4/c1-21-16(20)15-5-3-12(22-15)8-18-7-10(9-19)13-6-11(17)2-4-14(13)18/h2-7,9H,8H2,1H3. The van der Waals surface area contributed by atoms with E-state index < -0.39 is 5.97 Å². The van der Waals surface area contributed by atoms with Gasteiger partial charge in [-0.15, -0.1) is 0 Å². The Kier molecular flexibility index (Phi) is 3.85. The average Bonchev–Trinajstić information content (AvgIpc) is 3.11. The van der Waals surface area contributed by atoms with Crippen LogP contribution in [0.1, 0.15) is 26.7 Å². The minimum Gasteiger partial charge on any atom is -0.463 e. The van der Waals surface area contributed by atoms with Crippen LogP contribution < -0.4 is 0 Å². The Morgan fingerprint density at radius 2 is 2.18 bits per heavy atom. The summed E-state index contributed by atoms with van der Waals surface area (Å²) in [6.07, 6.45) is 2.59. The highest BCUT2D eigenvalue weighted by atomic mass is 79.9. The maximum Gasteiger partial charge on any atom is 0.373 e. The van der Waals surface area contributed by atoms with Crippen LogP contribution in [0.15, 0.2) is 45.4 Å². The Morgan fingerprint density at radius 3 is 2.91 bits per heavy atom. The van der Waals surface area contributed by atoms with E-state index in [1.165, 1.54) is 7.11 Å². The summed E-state index contributed by atoms with van der Waals surface area (Å²) in [5, 5.41) is 0.865. The third kappa shape index (κ3) is 2.57. The Hall–Kier alpha value is -2.34. The minimum atomic E-state index is -0.513. The molecule has 0 atom stereocenters. The molecule has 0 radical (unpaired) electrons. The van der Waals surface area contributed by atoms with Gasteiger partial charge in [-0.1, -0.05) is 15.9 Å². The maximum atomic E-state index is 11.4. The number of benzene rings is 1. The molecule has 112 valence electrons. The molecule has 3 aromatic rings. The number of nitrogens with zero attached hydrogens (tertiary/aromatic N) is 1. The number of carbonyl (C=O) groups is 2. The number of hydrogen-bond acceptors (Lipinski definition) is 4. The van der Waals surface area contributed by atoms with E-state index in [1.54, 1.807) is 18.3 Å². The van der Waals surface area contributed by atoms with E-state index in [0.717, 1.165) is 21.7 Å². The lowest BCUT2D eigenvalue weighted by Crippen LogP contribution is -1.99. The number of carbonyl (C=O) groups excluding carboxylic acids is 2. The molecule has 0 aliphatic heterocycles. The molecule has 0 aliphatic rings. The van der Waals surface area contributed by atoms with Crippen LogP contribution in [0.2, 0.25) is 0 Å². The van der Waals surface area contributed by atoms with Gasteiger partial charge in [0.2, 0.25) is 5.76 Å². The molecule has 6 heteroatoms. The second kappa shape index (κ2) is 5.81. The molecular weight excluding hydrogens is 350 g/mol. The summed E-state index contributed by atoms with van der Waals surface area (Å²) in [5.41, 5.74) is 1.53. The fourth-order valence-electron chi connectivity index (χ4n) is 2.36. The molecule has 1 aromatic carbocycles. The molecular formula is C16H12BrNO4. The molecule has 0 aliphatic carbocycles. The smallest absolute Gasteiger partial charge is 0.373 e. The molecule has 0 N–H and O–H groups in total. The number of aromatic nitrogens is 1. The van der Waals surface area contributed by atoms with Crippen molar-refractivity contribution in [3.63, 3.8) is 0 Å². The number of hydrogen-bond donors (Lipinski definition) is 0. The lowest BCUT2D eigenvalue weighted by Gasteiger charge is -2.03. The first-order valence-corrected chi connectivity index (χ1v) is 7.32. The number of aldehydes is 1. The van der Waals surface area contributed by atoms with Crippen LogP contribution in [-0.2, 0) is 11.3 Å². The van der Waals surface area contributed by atoms with Crippen molar-refractivity contribution in [3.8, 4) is 0 Å². The Morgan fingerprint density at radius 1 is 1.36 bits per heavy atom. The Labute approximate surface area is 134 Å².